The summed E-state index contributed by atoms with van der Waals surface area (Å²) in [6.07, 6.45) is 3.23. The van der Waals surface area contributed by atoms with Gasteiger partial charge in [-0.05, 0) is 29.3 Å². The highest BCUT2D eigenvalue weighted by atomic mass is 16.5. The molecule has 0 saturated carbocycles. The maximum atomic E-state index is 12.2. The Balaban J connectivity index is 1.70. The van der Waals surface area contributed by atoms with E-state index < -0.39 is 0 Å². The molecule has 1 aliphatic heterocycles. The Hall–Kier alpha value is -3.03. The number of nitrogens with zero attached hydrogens (tertiary/aromatic N) is 1. The molecule has 1 heterocycles. The summed E-state index contributed by atoms with van der Waals surface area (Å²) in [4.78, 5) is 12.2. The fourth-order valence-electron chi connectivity index (χ4n) is 3.01. The smallest absolute Gasteiger partial charge is 0.258 e. The van der Waals surface area contributed by atoms with E-state index in [0.717, 1.165) is 37.3 Å². The molecule has 0 aliphatic carbocycles. The molecule has 2 N–H and O–H groups in total. The Morgan fingerprint density at radius 1 is 1.10 bits per heavy atom. The lowest BCUT2D eigenvalue weighted by Gasteiger charge is -2.26. The third-order valence-corrected chi connectivity index (χ3v) is 4.52. The minimum atomic E-state index is -0.172. The Morgan fingerprint density at radius 3 is 2.38 bits per heavy atom. The average Bonchev–Trinajstić information content (AvgIpc) is 2.77. The SMILES string of the molecule is COc1cc(C=CC(=O)NN2CCNCC2)cc(OC)c1OCc1ccccc1. The van der Waals surface area contributed by atoms with Crippen LogP contribution >= 0.6 is 0 Å². The van der Waals surface area contributed by atoms with Gasteiger partial charge < -0.3 is 19.5 Å². The number of carbonyl (C=O) groups is 1. The molecule has 7 nitrogen and oxygen atoms in total. The fourth-order valence-corrected chi connectivity index (χ4v) is 3.01. The number of hydrazine groups is 1. The summed E-state index contributed by atoms with van der Waals surface area (Å²) < 4.78 is 16.9. The molecule has 0 aromatic heterocycles. The molecular weight excluding hydrogens is 370 g/mol. The molecule has 1 fully saturated rings. The molecule has 0 unspecified atom stereocenters. The lowest BCUT2D eigenvalue weighted by atomic mass is 10.1. The molecule has 29 heavy (non-hydrogen) atoms. The third kappa shape index (κ3) is 5.97. The van der Waals surface area contributed by atoms with Crippen LogP contribution in [0.25, 0.3) is 6.08 Å². The maximum Gasteiger partial charge on any atom is 0.258 e. The Morgan fingerprint density at radius 2 is 1.76 bits per heavy atom. The molecule has 7 heteroatoms. The van der Waals surface area contributed by atoms with Crippen LogP contribution < -0.4 is 25.0 Å². The molecule has 2 aromatic carbocycles. The summed E-state index contributed by atoms with van der Waals surface area (Å²) in [6.45, 7) is 3.70. The first-order valence-corrected chi connectivity index (χ1v) is 9.56. The zero-order valence-electron chi connectivity index (χ0n) is 16.8. The second-order valence-corrected chi connectivity index (χ2v) is 6.58. The predicted molar refractivity (Wildman–Crippen MR) is 112 cm³/mol. The summed E-state index contributed by atoms with van der Waals surface area (Å²) >= 11 is 0. The number of hydrogen-bond acceptors (Lipinski definition) is 6. The van der Waals surface area contributed by atoms with Gasteiger partial charge in [-0.2, -0.15) is 0 Å². The normalized spacial score (nSPS) is 14.6. The van der Waals surface area contributed by atoms with Gasteiger partial charge in [0.05, 0.1) is 14.2 Å². The van der Waals surface area contributed by atoms with Crippen LogP contribution in [0.2, 0.25) is 0 Å². The molecular formula is C22H27N3O4. The van der Waals surface area contributed by atoms with Gasteiger partial charge in [-0.1, -0.05) is 30.3 Å². The van der Waals surface area contributed by atoms with Gasteiger partial charge in [0.25, 0.3) is 5.91 Å². The first kappa shape index (κ1) is 20.7. The Bertz CT molecular complexity index is 808. The van der Waals surface area contributed by atoms with Crippen molar-refractivity contribution in [1.29, 1.82) is 0 Å². The number of rotatable bonds is 8. The van der Waals surface area contributed by atoms with Crippen LogP contribution in [-0.2, 0) is 11.4 Å². The average molecular weight is 397 g/mol. The van der Waals surface area contributed by atoms with E-state index in [1.807, 2.05) is 47.5 Å². The lowest BCUT2D eigenvalue weighted by molar-refractivity contribution is -0.121. The Labute approximate surface area is 171 Å². The molecule has 0 atom stereocenters. The van der Waals surface area contributed by atoms with Crippen LogP contribution in [0.5, 0.6) is 17.2 Å². The third-order valence-electron chi connectivity index (χ3n) is 4.52. The minimum absolute atomic E-state index is 0.172. The van der Waals surface area contributed by atoms with Crippen molar-refractivity contribution in [3.63, 3.8) is 0 Å². The van der Waals surface area contributed by atoms with Gasteiger partial charge in [0, 0.05) is 32.3 Å². The van der Waals surface area contributed by atoms with Crippen LogP contribution in [0.3, 0.4) is 0 Å². The maximum absolute atomic E-state index is 12.2. The van der Waals surface area contributed by atoms with E-state index in [4.69, 9.17) is 14.2 Å². The van der Waals surface area contributed by atoms with Crippen molar-refractivity contribution in [2.24, 2.45) is 0 Å². The van der Waals surface area contributed by atoms with Crippen molar-refractivity contribution in [1.82, 2.24) is 15.8 Å². The van der Waals surface area contributed by atoms with Crippen molar-refractivity contribution in [3.8, 4) is 17.2 Å². The zero-order chi connectivity index (χ0) is 20.5. The van der Waals surface area contributed by atoms with Gasteiger partial charge in [0.1, 0.15) is 6.61 Å². The Kier molecular flexibility index (Phi) is 7.49. The summed E-state index contributed by atoms with van der Waals surface area (Å²) in [6, 6.07) is 13.5. The molecule has 2 aromatic rings. The van der Waals surface area contributed by atoms with Crippen LogP contribution in [0.1, 0.15) is 11.1 Å². The summed E-state index contributed by atoms with van der Waals surface area (Å²) in [5.41, 5.74) is 4.70. The number of benzene rings is 2. The number of ether oxygens (including phenoxy) is 3. The monoisotopic (exact) mass is 397 g/mol. The molecule has 1 amide bonds. The van der Waals surface area contributed by atoms with Crippen molar-refractivity contribution < 1.29 is 19.0 Å². The highest BCUT2D eigenvalue weighted by molar-refractivity contribution is 5.91. The van der Waals surface area contributed by atoms with Gasteiger partial charge in [-0.25, -0.2) is 5.01 Å². The van der Waals surface area contributed by atoms with Crippen LogP contribution in [-0.4, -0.2) is 51.3 Å². The lowest BCUT2D eigenvalue weighted by Crippen LogP contribution is -2.51. The van der Waals surface area contributed by atoms with Crippen molar-refractivity contribution in [3.05, 3.63) is 59.7 Å². The predicted octanol–water partition coefficient (Wildman–Crippen LogP) is 2.23. The van der Waals surface area contributed by atoms with E-state index in [2.05, 4.69) is 10.7 Å². The summed E-state index contributed by atoms with van der Waals surface area (Å²) in [5, 5.41) is 5.15. The van der Waals surface area contributed by atoms with Crippen LogP contribution in [0.15, 0.2) is 48.5 Å². The van der Waals surface area contributed by atoms with E-state index in [1.165, 1.54) is 6.08 Å². The van der Waals surface area contributed by atoms with E-state index in [1.54, 1.807) is 20.3 Å². The largest absolute Gasteiger partial charge is 0.493 e. The second-order valence-electron chi connectivity index (χ2n) is 6.58. The topological polar surface area (TPSA) is 72.1 Å². The van der Waals surface area contributed by atoms with Gasteiger partial charge in [-0.15, -0.1) is 0 Å². The minimum Gasteiger partial charge on any atom is -0.493 e. The molecule has 0 radical (unpaired) electrons. The molecule has 0 bridgehead atoms. The number of amides is 1. The second kappa shape index (κ2) is 10.5. The van der Waals surface area contributed by atoms with Crippen molar-refractivity contribution >= 4 is 12.0 Å². The number of carbonyl (C=O) groups excluding carboxylic acids is 1. The molecule has 154 valence electrons. The summed E-state index contributed by atoms with van der Waals surface area (Å²) in [5.74, 6) is 1.44. The standard InChI is InChI=1S/C22H27N3O4/c1-27-19-14-18(8-9-21(26)24-25-12-10-23-11-13-25)15-20(28-2)22(19)29-16-17-6-4-3-5-7-17/h3-9,14-15,23H,10-13,16H2,1-2H3,(H,24,26). The van der Waals surface area contributed by atoms with E-state index in [-0.39, 0.29) is 5.91 Å². The van der Waals surface area contributed by atoms with E-state index >= 15 is 0 Å². The first-order chi connectivity index (χ1) is 14.2. The van der Waals surface area contributed by atoms with Crippen molar-refractivity contribution in [2.45, 2.75) is 6.61 Å². The number of methoxy groups -OCH3 is 2. The van der Waals surface area contributed by atoms with Gasteiger partial charge >= 0.3 is 0 Å². The molecule has 0 spiro atoms. The number of hydrogen-bond donors (Lipinski definition) is 2. The van der Waals surface area contributed by atoms with E-state index in [0.29, 0.717) is 23.9 Å². The van der Waals surface area contributed by atoms with E-state index in [9.17, 15) is 4.79 Å². The fraction of sp³-hybridized carbons (Fsp3) is 0.318. The first-order valence-electron chi connectivity index (χ1n) is 9.56. The number of nitrogens with one attached hydrogen (secondary N) is 2. The molecule has 3 rings (SSSR count). The highest BCUT2D eigenvalue weighted by Crippen LogP contribution is 2.39. The molecule has 1 saturated heterocycles. The van der Waals surface area contributed by atoms with Gasteiger partial charge in [-0.3, -0.25) is 10.2 Å². The zero-order valence-corrected chi connectivity index (χ0v) is 16.8. The highest BCUT2D eigenvalue weighted by Gasteiger charge is 2.14. The van der Waals surface area contributed by atoms with Gasteiger partial charge in [0.15, 0.2) is 11.5 Å². The van der Waals surface area contributed by atoms with Gasteiger partial charge in [0.2, 0.25) is 5.75 Å². The van der Waals surface area contributed by atoms with Crippen molar-refractivity contribution in [2.75, 3.05) is 40.4 Å². The van der Waals surface area contributed by atoms with Crippen LogP contribution in [0, 0.1) is 0 Å². The van der Waals surface area contributed by atoms with Crippen LogP contribution in [0.4, 0.5) is 0 Å². The molecule has 1 aliphatic rings. The quantitative estimate of drug-likeness (QED) is 0.666. The summed E-state index contributed by atoms with van der Waals surface area (Å²) in [7, 11) is 3.16. The number of piperazine rings is 1.